The van der Waals surface area contributed by atoms with E-state index in [1.54, 1.807) is 12.4 Å². The molecule has 1 aliphatic heterocycles. The summed E-state index contributed by atoms with van der Waals surface area (Å²) in [7, 11) is 0. The summed E-state index contributed by atoms with van der Waals surface area (Å²) in [5.41, 5.74) is 0.956. The molecule has 6 heteroatoms. The molecule has 0 saturated carbocycles. The molecule has 2 aromatic heterocycles. The molecule has 0 amide bonds. The lowest BCUT2D eigenvalue weighted by atomic mass is 10.3. The Balaban J connectivity index is 1.66. The summed E-state index contributed by atoms with van der Waals surface area (Å²) in [5, 5.41) is 11.2. The van der Waals surface area contributed by atoms with Crippen LogP contribution in [0.4, 0.5) is 11.8 Å². The van der Waals surface area contributed by atoms with Gasteiger partial charge in [-0.05, 0) is 25.0 Å². The largest absolute Gasteiger partial charge is 0.355 e. The molecule has 6 nitrogen and oxygen atoms in total. The first kappa shape index (κ1) is 11.8. The van der Waals surface area contributed by atoms with Crippen molar-refractivity contribution in [3.8, 4) is 0 Å². The maximum absolute atomic E-state index is 4.48. The molecule has 0 atom stereocenters. The van der Waals surface area contributed by atoms with Crippen LogP contribution in [0.3, 0.4) is 0 Å². The van der Waals surface area contributed by atoms with Gasteiger partial charge >= 0.3 is 0 Å². The molecule has 0 bridgehead atoms. The first-order chi connectivity index (χ1) is 9.42. The highest BCUT2D eigenvalue weighted by Gasteiger charge is 2.14. The number of anilines is 2. The fourth-order valence-corrected chi connectivity index (χ4v) is 2.14. The van der Waals surface area contributed by atoms with Crippen LogP contribution in [0, 0.1) is 0 Å². The zero-order valence-corrected chi connectivity index (χ0v) is 10.7. The fourth-order valence-electron chi connectivity index (χ4n) is 2.14. The molecule has 1 aliphatic rings. The van der Waals surface area contributed by atoms with Crippen molar-refractivity contribution >= 4 is 11.8 Å². The molecular formula is C13H16N6. The number of hydrogen-bond donors (Lipinski definition) is 1. The van der Waals surface area contributed by atoms with Crippen molar-refractivity contribution in [3.63, 3.8) is 0 Å². The average molecular weight is 256 g/mol. The van der Waals surface area contributed by atoms with Crippen LogP contribution in [0.25, 0.3) is 0 Å². The lowest BCUT2D eigenvalue weighted by molar-refractivity contribution is 0.875. The summed E-state index contributed by atoms with van der Waals surface area (Å²) in [6, 6.07) is 5.82. The molecular weight excluding hydrogens is 240 g/mol. The van der Waals surface area contributed by atoms with Gasteiger partial charge in [0.1, 0.15) is 0 Å². The van der Waals surface area contributed by atoms with E-state index in [1.165, 1.54) is 12.8 Å². The van der Waals surface area contributed by atoms with E-state index in [-0.39, 0.29) is 0 Å². The van der Waals surface area contributed by atoms with Gasteiger partial charge in [-0.1, -0.05) is 6.07 Å². The second kappa shape index (κ2) is 5.60. The molecule has 1 N–H and O–H groups in total. The third-order valence-corrected chi connectivity index (χ3v) is 3.13. The SMILES string of the molecule is c1ccc(CNc2nncc(N3CCCC3)n2)nc1. The van der Waals surface area contributed by atoms with E-state index in [2.05, 4.69) is 30.4 Å². The zero-order chi connectivity index (χ0) is 12.9. The second-order valence-electron chi connectivity index (χ2n) is 4.51. The molecule has 0 radical (unpaired) electrons. The molecule has 0 unspecified atom stereocenters. The van der Waals surface area contributed by atoms with Crippen molar-refractivity contribution < 1.29 is 0 Å². The van der Waals surface area contributed by atoms with E-state index in [9.17, 15) is 0 Å². The summed E-state index contributed by atoms with van der Waals surface area (Å²) in [6.07, 6.45) is 5.94. The summed E-state index contributed by atoms with van der Waals surface area (Å²) in [5.74, 6) is 1.45. The van der Waals surface area contributed by atoms with E-state index in [0.717, 1.165) is 24.6 Å². The number of aromatic nitrogens is 4. The van der Waals surface area contributed by atoms with Gasteiger partial charge in [0, 0.05) is 19.3 Å². The second-order valence-corrected chi connectivity index (χ2v) is 4.51. The van der Waals surface area contributed by atoms with Gasteiger partial charge in [0.15, 0.2) is 5.82 Å². The van der Waals surface area contributed by atoms with Crippen molar-refractivity contribution in [1.82, 2.24) is 20.2 Å². The Morgan fingerprint density at radius 3 is 2.89 bits per heavy atom. The zero-order valence-electron chi connectivity index (χ0n) is 10.7. The topological polar surface area (TPSA) is 66.8 Å². The van der Waals surface area contributed by atoms with Gasteiger partial charge in [0.25, 0.3) is 0 Å². The Morgan fingerprint density at radius 2 is 2.11 bits per heavy atom. The molecule has 0 aromatic carbocycles. The van der Waals surface area contributed by atoms with Gasteiger partial charge in [0.2, 0.25) is 5.95 Å². The van der Waals surface area contributed by atoms with Crippen LogP contribution in [0.2, 0.25) is 0 Å². The van der Waals surface area contributed by atoms with Crippen LogP contribution >= 0.6 is 0 Å². The lowest BCUT2D eigenvalue weighted by Crippen LogP contribution is -2.20. The Labute approximate surface area is 111 Å². The number of hydrogen-bond acceptors (Lipinski definition) is 6. The maximum Gasteiger partial charge on any atom is 0.245 e. The van der Waals surface area contributed by atoms with E-state index < -0.39 is 0 Å². The predicted molar refractivity (Wildman–Crippen MR) is 72.8 cm³/mol. The van der Waals surface area contributed by atoms with Gasteiger partial charge in [-0.2, -0.15) is 10.1 Å². The third-order valence-electron chi connectivity index (χ3n) is 3.13. The van der Waals surface area contributed by atoms with Gasteiger partial charge in [-0.25, -0.2) is 0 Å². The monoisotopic (exact) mass is 256 g/mol. The highest BCUT2D eigenvalue weighted by atomic mass is 15.3. The molecule has 0 spiro atoms. The smallest absolute Gasteiger partial charge is 0.245 e. The molecule has 1 saturated heterocycles. The number of pyridine rings is 1. The first-order valence-corrected chi connectivity index (χ1v) is 6.50. The van der Waals surface area contributed by atoms with Crippen molar-refractivity contribution in [3.05, 3.63) is 36.3 Å². The summed E-state index contributed by atoms with van der Waals surface area (Å²) >= 11 is 0. The van der Waals surface area contributed by atoms with Gasteiger partial charge < -0.3 is 10.2 Å². The third kappa shape index (κ3) is 2.96. The van der Waals surface area contributed by atoms with Crippen LogP contribution in [0.15, 0.2) is 30.6 Å². The Morgan fingerprint density at radius 1 is 1.21 bits per heavy atom. The molecule has 1 fully saturated rings. The van der Waals surface area contributed by atoms with Crippen LogP contribution in [-0.4, -0.2) is 33.3 Å². The fraction of sp³-hybridized carbons (Fsp3) is 0.385. The molecule has 98 valence electrons. The van der Waals surface area contributed by atoms with E-state index in [4.69, 9.17) is 0 Å². The molecule has 19 heavy (non-hydrogen) atoms. The average Bonchev–Trinajstić information content (AvgIpc) is 3.01. The molecule has 2 aromatic rings. The number of rotatable bonds is 4. The minimum absolute atomic E-state index is 0.551. The van der Waals surface area contributed by atoms with Crippen LogP contribution < -0.4 is 10.2 Å². The Hall–Kier alpha value is -2.24. The van der Waals surface area contributed by atoms with E-state index in [0.29, 0.717) is 12.5 Å². The van der Waals surface area contributed by atoms with Crippen LogP contribution in [0.5, 0.6) is 0 Å². The minimum Gasteiger partial charge on any atom is -0.355 e. The number of nitrogens with one attached hydrogen (secondary N) is 1. The van der Waals surface area contributed by atoms with Crippen molar-refractivity contribution in [2.75, 3.05) is 23.3 Å². The highest BCUT2D eigenvalue weighted by Crippen LogP contribution is 2.17. The Bertz CT molecular complexity index is 524. The number of nitrogens with zero attached hydrogens (tertiary/aromatic N) is 5. The summed E-state index contributed by atoms with van der Waals surface area (Å²) < 4.78 is 0. The van der Waals surface area contributed by atoms with Crippen molar-refractivity contribution in [1.29, 1.82) is 0 Å². The quantitative estimate of drug-likeness (QED) is 0.893. The molecule has 0 aliphatic carbocycles. The molecule has 3 rings (SSSR count). The summed E-state index contributed by atoms with van der Waals surface area (Å²) in [6.45, 7) is 2.71. The normalized spacial score (nSPS) is 14.6. The van der Waals surface area contributed by atoms with Gasteiger partial charge in [-0.15, -0.1) is 5.10 Å². The van der Waals surface area contributed by atoms with Crippen LogP contribution in [-0.2, 0) is 6.54 Å². The van der Waals surface area contributed by atoms with Gasteiger partial charge in [0.05, 0.1) is 18.4 Å². The minimum atomic E-state index is 0.551. The maximum atomic E-state index is 4.48. The van der Waals surface area contributed by atoms with Gasteiger partial charge in [-0.3, -0.25) is 4.98 Å². The van der Waals surface area contributed by atoms with E-state index >= 15 is 0 Å². The van der Waals surface area contributed by atoms with E-state index in [1.807, 2.05) is 18.2 Å². The van der Waals surface area contributed by atoms with Crippen molar-refractivity contribution in [2.24, 2.45) is 0 Å². The molecule has 3 heterocycles. The highest BCUT2D eigenvalue weighted by molar-refractivity contribution is 5.41. The standard InChI is InChI=1S/C13H16N6/c1-2-6-14-11(5-1)9-15-13-17-12(10-16-18-13)19-7-3-4-8-19/h1-2,5-6,10H,3-4,7-9H2,(H,15,17,18). The Kier molecular flexibility index (Phi) is 3.49. The first-order valence-electron chi connectivity index (χ1n) is 6.50. The van der Waals surface area contributed by atoms with Crippen LogP contribution in [0.1, 0.15) is 18.5 Å². The van der Waals surface area contributed by atoms with Crippen molar-refractivity contribution in [2.45, 2.75) is 19.4 Å². The lowest BCUT2D eigenvalue weighted by Gasteiger charge is -2.15. The summed E-state index contributed by atoms with van der Waals surface area (Å²) in [4.78, 5) is 11.0. The predicted octanol–water partition coefficient (Wildman–Crippen LogP) is 1.48.